The molecule has 0 aliphatic carbocycles. The number of nitrogens with two attached hydrogens (primary N) is 2. The van der Waals surface area contributed by atoms with Crippen molar-refractivity contribution in [2.24, 2.45) is 11.5 Å². The summed E-state index contributed by atoms with van der Waals surface area (Å²) in [6.07, 6.45) is 0. The molecule has 1 unspecified atom stereocenters. The lowest BCUT2D eigenvalue weighted by molar-refractivity contribution is 0.425. The summed E-state index contributed by atoms with van der Waals surface area (Å²) in [5, 5.41) is 0. The zero-order chi connectivity index (χ0) is 9.35. The van der Waals surface area contributed by atoms with E-state index in [1.807, 2.05) is 26.0 Å². The monoisotopic (exact) mass is 248 g/mol. The summed E-state index contributed by atoms with van der Waals surface area (Å²) in [6.45, 7) is 3.87. The van der Waals surface area contributed by atoms with Crippen molar-refractivity contribution in [2.45, 2.75) is 25.4 Å². The van der Waals surface area contributed by atoms with Gasteiger partial charge in [-0.15, -0.1) is 11.3 Å². The first-order valence-corrected chi connectivity index (χ1v) is 5.32. The molecule has 0 amide bonds. The van der Waals surface area contributed by atoms with Gasteiger partial charge in [-0.25, -0.2) is 0 Å². The Kier molecular flexibility index (Phi) is 2.93. The molecule has 1 atom stereocenters. The number of hydrogen-bond acceptors (Lipinski definition) is 3. The first-order chi connectivity index (χ1) is 5.41. The van der Waals surface area contributed by atoms with E-state index in [1.165, 1.54) is 0 Å². The van der Waals surface area contributed by atoms with Crippen LogP contribution >= 0.6 is 27.3 Å². The Morgan fingerprint density at radius 3 is 2.42 bits per heavy atom. The van der Waals surface area contributed by atoms with Crippen molar-refractivity contribution in [3.8, 4) is 0 Å². The molecule has 4 heteroatoms. The van der Waals surface area contributed by atoms with E-state index in [1.54, 1.807) is 11.3 Å². The second-order valence-corrected chi connectivity index (χ2v) is 5.94. The maximum atomic E-state index is 5.95. The number of hydrogen-bond donors (Lipinski definition) is 2. The standard InChI is InChI=1S/C8H13BrN2S/c1-8(2,11)7(10)5-3-4-6(9)12-5/h3-4,7H,10-11H2,1-2H3. The molecule has 0 aliphatic rings. The first-order valence-electron chi connectivity index (χ1n) is 3.71. The lowest BCUT2D eigenvalue weighted by atomic mass is 9.96. The summed E-state index contributed by atoms with van der Waals surface area (Å²) in [5.41, 5.74) is 11.5. The second kappa shape index (κ2) is 3.46. The van der Waals surface area contributed by atoms with Gasteiger partial charge in [0.1, 0.15) is 0 Å². The molecule has 12 heavy (non-hydrogen) atoms. The summed E-state index contributed by atoms with van der Waals surface area (Å²) in [4.78, 5) is 1.12. The molecule has 1 aromatic rings. The average molecular weight is 249 g/mol. The van der Waals surface area contributed by atoms with Crippen molar-refractivity contribution >= 4 is 27.3 Å². The molecule has 0 radical (unpaired) electrons. The number of halogens is 1. The Morgan fingerprint density at radius 1 is 1.50 bits per heavy atom. The number of thiophene rings is 1. The van der Waals surface area contributed by atoms with Gasteiger partial charge in [-0.05, 0) is 41.9 Å². The minimum absolute atomic E-state index is 0.0891. The zero-order valence-corrected chi connectivity index (χ0v) is 9.58. The predicted octanol–water partition coefficient (Wildman–Crippen LogP) is 2.25. The molecule has 0 bridgehead atoms. The molecular formula is C8H13BrN2S. The highest BCUT2D eigenvalue weighted by Crippen LogP contribution is 2.30. The van der Waals surface area contributed by atoms with Gasteiger partial charge < -0.3 is 11.5 Å². The topological polar surface area (TPSA) is 52.0 Å². The van der Waals surface area contributed by atoms with Crippen LogP contribution in [0.1, 0.15) is 24.8 Å². The maximum Gasteiger partial charge on any atom is 0.0702 e. The van der Waals surface area contributed by atoms with Crippen molar-refractivity contribution < 1.29 is 0 Å². The van der Waals surface area contributed by atoms with Crippen LogP contribution < -0.4 is 11.5 Å². The van der Waals surface area contributed by atoms with Crippen molar-refractivity contribution in [1.29, 1.82) is 0 Å². The van der Waals surface area contributed by atoms with E-state index in [0.29, 0.717) is 0 Å². The van der Waals surface area contributed by atoms with E-state index in [-0.39, 0.29) is 11.6 Å². The van der Waals surface area contributed by atoms with E-state index in [2.05, 4.69) is 15.9 Å². The molecule has 0 aliphatic heterocycles. The Morgan fingerprint density at radius 2 is 2.08 bits per heavy atom. The molecule has 2 nitrogen and oxygen atoms in total. The molecule has 1 heterocycles. The zero-order valence-electron chi connectivity index (χ0n) is 7.17. The minimum Gasteiger partial charge on any atom is -0.324 e. The van der Waals surface area contributed by atoms with Gasteiger partial charge in [0.25, 0.3) is 0 Å². The normalized spacial score (nSPS) is 14.8. The van der Waals surface area contributed by atoms with Crippen molar-refractivity contribution in [3.63, 3.8) is 0 Å². The van der Waals surface area contributed by atoms with Crippen LogP contribution in [-0.4, -0.2) is 5.54 Å². The quantitative estimate of drug-likeness (QED) is 0.844. The van der Waals surface area contributed by atoms with Crippen molar-refractivity contribution in [2.75, 3.05) is 0 Å². The fourth-order valence-corrected chi connectivity index (χ4v) is 2.48. The van der Waals surface area contributed by atoms with E-state index in [0.717, 1.165) is 8.66 Å². The summed E-state index contributed by atoms with van der Waals surface area (Å²) < 4.78 is 1.09. The average Bonchev–Trinajstić information content (AvgIpc) is 2.32. The van der Waals surface area contributed by atoms with E-state index in [9.17, 15) is 0 Å². The molecule has 0 spiro atoms. The third-order valence-corrected chi connectivity index (χ3v) is 3.41. The molecular weight excluding hydrogens is 236 g/mol. The van der Waals surface area contributed by atoms with E-state index in [4.69, 9.17) is 11.5 Å². The number of rotatable bonds is 2. The molecule has 0 fully saturated rings. The lowest BCUT2D eigenvalue weighted by Crippen LogP contribution is -2.43. The molecule has 0 saturated carbocycles. The van der Waals surface area contributed by atoms with Crippen LogP contribution in [0.3, 0.4) is 0 Å². The summed E-state index contributed by atoms with van der Waals surface area (Å²) in [6, 6.07) is 3.91. The Hall–Kier alpha value is 0.1000. The highest BCUT2D eigenvalue weighted by Gasteiger charge is 2.23. The van der Waals surface area contributed by atoms with Gasteiger partial charge >= 0.3 is 0 Å². The fraction of sp³-hybridized carbons (Fsp3) is 0.500. The molecule has 0 aromatic carbocycles. The molecule has 0 saturated heterocycles. The van der Waals surface area contributed by atoms with Gasteiger partial charge in [0.15, 0.2) is 0 Å². The van der Waals surface area contributed by atoms with Gasteiger partial charge in [0, 0.05) is 10.4 Å². The lowest BCUT2D eigenvalue weighted by Gasteiger charge is -2.25. The summed E-state index contributed by atoms with van der Waals surface area (Å²) >= 11 is 5.02. The van der Waals surface area contributed by atoms with Crippen LogP contribution in [0, 0.1) is 0 Å². The fourth-order valence-electron chi connectivity index (χ4n) is 0.862. The summed E-state index contributed by atoms with van der Waals surface area (Å²) in [5.74, 6) is 0. The highest BCUT2D eigenvalue weighted by atomic mass is 79.9. The summed E-state index contributed by atoms with van der Waals surface area (Å²) in [7, 11) is 0. The van der Waals surface area contributed by atoms with Crippen molar-refractivity contribution in [1.82, 2.24) is 0 Å². The minimum atomic E-state index is -0.357. The maximum absolute atomic E-state index is 5.95. The highest BCUT2D eigenvalue weighted by molar-refractivity contribution is 9.11. The van der Waals surface area contributed by atoms with Crippen LogP contribution in [-0.2, 0) is 0 Å². The van der Waals surface area contributed by atoms with Crippen LogP contribution in [0.5, 0.6) is 0 Å². The predicted molar refractivity (Wildman–Crippen MR) is 57.2 cm³/mol. The Balaban J connectivity index is 2.85. The Bertz CT molecular complexity index is 264. The van der Waals surface area contributed by atoms with Crippen LogP contribution in [0.2, 0.25) is 0 Å². The third kappa shape index (κ3) is 2.29. The molecule has 4 N–H and O–H groups in total. The molecule has 1 rings (SSSR count). The van der Waals surface area contributed by atoms with Gasteiger partial charge in [-0.3, -0.25) is 0 Å². The van der Waals surface area contributed by atoms with Gasteiger partial charge in [-0.2, -0.15) is 0 Å². The molecule has 68 valence electrons. The Labute approximate surface area is 85.1 Å². The van der Waals surface area contributed by atoms with Crippen LogP contribution in [0.15, 0.2) is 15.9 Å². The van der Waals surface area contributed by atoms with Gasteiger partial charge in [0.05, 0.1) is 9.83 Å². The van der Waals surface area contributed by atoms with Crippen LogP contribution in [0.25, 0.3) is 0 Å². The SMILES string of the molecule is CC(C)(N)C(N)c1ccc(Br)s1. The molecule has 1 aromatic heterocycles. The largest absolute Gasteiger partial charge is 0.324 e. The van der Waals surface area contributed by atoms with Gasteiger partial charge in [0.2, 0.25) is 0 Å². The second-order valence-electron chi connectivity index (χ2n) is 3.44. The smallest absolute Gasteiger partial charge is 0.0702 e. The van der Waals surface area contributed by atoms with Crippen LogP contribution in [0.4, 0.5) is 0 Å². The van der Waals surface area contributed by atoms with Gasteiger partial charge in [-0.1, -0.05) is 0 Å². The van der Waals surface area contributed by atoms with E-state index < -0.39 is 0 Å². The van der Waals surface area contributed by atoms with Crippen molar-refractivity contribution in [3.05, 3.63) is 20.8 Å². The first kappa shape index (κ1) is 10.2. The third-order valence-electron chi connectivity index (χ3n) is 1.70. The van der Waals surface area contributed by atoms with E-state index >= 15 is 0 Å².